The van der Waals surface area contributed by atoms with Crippen molar-refractivity contribution in [2.45, 2.75) is 39.2 Å². The third-order valence-corrected chi connectivity index (χ3v) is 4.20. The van der Waals surface area contributed by atoms with E-state index in [1.165, 1.54) is 11.8 Å². The van der Waals surface area contributed by atoms with Crippen molar-refractivity contribution in [1.29, 1.82) is 0 Å². The predicted molar refractivity (Wildman–Crippen MR) is 96.9 cm³/mol. The molecule has 3 rings (SSSR count). The first-order chi connectivity index (χ1) is 12.9. The number of aryl methyl sites for hydroxylation is 2. The minimum atomic E-state index is -0.845. The first kappa shape index (κ1) is 18.8. The number of aromatic nitrogens is 4. The summed E-state index contributed by atoms with van der Waals surface area (Å²) >= 11 is 0. The molecule has 10 heteroatoms. The summed E-state index contributed by atoms with van der Waals surface area (Å²) < 4.78 is 6.25. The lowest BCUT2D eigenvalue weighted by Gasteiger charge is -2.13. The molecule has 0 aliphatic heterocycles. The monoisotopic (exact) mass is 374 g/mol. The van der Waals surface area contributed by atoms with E-state index in [9.17, 15) is 14.4 Å². The lowest BCUT2D eigenvalue weighted by molar-refractivity contribution is -0.136. The van der Waals surface area contributed by atoms with Crippen molar-refractivity contribution in [3.63, 3.8) is 0 Å². The molecular formula is C17H22N6O4. The van der Waals surface area contributed by atoms with Gasteiger partial charge in [0.25, 0.3) is 5.56 Å². The third kappa shape index (κ3) is 4.05. The largest absolute Gasteiger partial charge is 0.383 e. The van der Waals surface area contributed by atoms with E-state index in [0.29, 0.717) is 17.7 Å². The molecule has 144 valence electrons. The van der Waals surface area contributed by atoms with Crippen LogP contribution in [0.15, 0.2) is 10.9 Å². The van der Waals surface area contributed by atoms with E-state index in [1.807, 2.05) is 0 Å². The molecule has 1 atom stereocenters. The van der Waals surface area contributed by atoms with Crippen LogP contribution in [0.25, 0.3) is 5.95 Å². The highest BCUT2D eigenvalue weighted by Crippen LogP contribution is 2.19. The van der Waals surface area contributed by atoms with Gasteiger partial charge in [0.1, 0.15) is 5.82 Å². The van der Waals surface area contributed by atoms with Gasteiger partial charge in [-0.05, 0) is 33.1 Å². The van der Waals surface area contributed by atoms with Crippen LogP contribution in [0.3, 0.4) is 0 Å². The zero-order valence-electron chi connectivity index (χ0n) is 15.5. The van der Waals surface area contributed by atoms with Crippen LogP contribution >= 0.6 is 0 Å². The van der Waals surface area contributed by atoms with E-state index in [-0.39, 0.29) is 30.0 Å². The number of carbonyl (C=O) groups excluding carboxylic acids is 2. The van der Waals surface area contributed by atoms with E-state index in [4.69, 9.17) is 4.74 Å². The lowest BCUT2D eigenvalue weighted by Crippen LogP contribution is -2.42. The van der Waals surface area contributed by atoms with Gasteiger partial charge < -0.3 is 15.4 Å². The van der Waals surface area contributed by atoms with Crippen molar-refractivity contribution in [1.82, 2.24) is 25.1 Å². The molecule has 0 fully saturated rings. The molecule has 1 aliphatic carbocycles. The van der Waals surface area contributed by atoms with Gasteiger partial charge in [-0.15, -0.1) is 0 Å². The summed E-state index contributed by atoms with van der Waals surface area (Å²) in [6.07, 6.45) is 2.32. The number of carbonyl (C=O) groups is 2. The van der Waals surface area contributed by atoms with Crippen LogP contribution in [0.2, 0.25) is 0 Å². The van der Waals surface area contributed by atoms with Crippen LogP contribution in [0.5, 0.6) is 0 Å². The van der Waals surface area contributed by atoms with Crippen molar-refractivity contribution >= 4 is 17.6 Å². The Kier molecular flexibility index (Phi) is 5.36. The number of anilines is 1. The number of hydrogen-bond acceptors (Lipinski definition) is 6. The van der Waals surface area contributed by atoms with Crippen molar-refractivity contribution < 1.29 is 14.3 Å². The molecule has 1 unspecified atom stereocenters. The van der Waals surface area contributed by atoms with Crippen LogP contribution in [0, 0.1) is 6.92 Å². The Bertz CT molecular complexity index is 932. The standard InChI is InChI=1S/C17H22N6O4/c1-9-7-13(20-16(26)15(25)18-10(2)8-27-3)23(22-9)17-19-12-6-4-5-11(12)14(24)21-17/h7,10H,4-6,8H2,1-3H3,(H,18,25)(H,20,26)(H,19,21,24). The topological polar surface area (TPSA) is 131 Å². The average Bonchev–Trinajstić information content (AvgIpc) is 3.21. The van der Waals surface area contributed by atoms with Gasteiger partial charge in [0.05, 0.1) is 18.0 Å². The number of ether oxygens (including phenoxy) is 1. The second kappa shape index (κ2) is 7.70. The maximum atomic E-state index is 12.2. The molecule has 0 saturated heterocycles. The number of amides is 2. The number of H-pyrrole nitrogens is 1. The van der Waals surface area contributed by atoms with Gasteiger partial charge >= 0.3 is 11.8 Å². The third-order valence-electron chi connectivity index (χ3n) is 4.20. The summed E-state index contributed by atoms with van der Waals surface area (Å²) in [5.41, 5.74) is 1.83. The summed E-state index contributed by atoms with van der Waals surface area (Å²) in [5, 5.41) is 9.31. The van der Waals surface area contributed by atoms with E-state index >= 15 is 0 Å². The minimum absolute atomic E-state index is 0.205. The second-order valence-electron chi connectivity index (χ2n) is 6.54. The first-order valence-electron chi connectivity index (χ1n) is 8.69. The highest BCUT2D eigenvalue weighted by atomic mass is 16.5. The molecular weight excluding hydrogens is 352 g/mol. The molecule has 0 radical (unpaired) electrons. The van der Waals surface area contributed by atoms with Gasteiger partial charge in [-0.1, -0.05) is 0 Å². The number of nitrogens with zero attached hydrogens (tertiary/aromatic N) is 3. The first-order valence-corrected chi connectivity index (χ1v) is 8.69. The summed E-state index contributed by atoms with van der Waals surface area (Å²) in [6.45, 7) is 3.75. The van der Waals surface area contributed by atoms with Crippen LogP contribution in [-0.4, -0.2) is 51.3 Å². The van der Waals surface area contributed by atoms with Crippen LogP contribution in [0.4, 0.5) is 5.82 Å². The number of aromatic amines is 1. The average molecular weight is 374 g/mol. The van der Waals surface area contributed by atoms with Crippen molar-refractivity contribution in [3.8, 4) is 5.95 Å². The van der Waals surface area contributed by atoms with Gasteiger partial charge in [-0.2, -0.15) is 9.78 Å². The smallest absolute Gasteiger partial charge is 0.314 e. The van der Waals surface area contributed by atoms with Crippen molar-refractivity contribution in [2.24, 2.45) is 0 Å². The van der Waals surface area contributed by atoms with Gasteiger partial charge in [-0.3, -0.25) is 19.4 Å². The zero-order chi connectivity index (χ0) is 19.6. The highest BCUT2D eigenvalue weighted by Gasteiger charge is 2.22. The zero-order valence-corrected chi connectivity index (χ0v) is 15.5. The fourth-order valence-electron chi connectivity index (χ4n) is 3.03. The SMILES string of the molecule is COCC(C)NC(=O)C(=O)Nc1cc(C)nn1-c1nc2c(c(=O)[nH]1)CCC2. The number of methoxy groups -OCH3 is 1. The lowest BCUT2D eigenvalue weighted by atomic mass is 10.3. The maximum Gasteiger partial charge on any atom is 0.314 e. The Labute approximate surface area is 155 Å². The molecule has 1 aliphatic rings. The molecule has 2 amide bonds. The van der Waals surface area contributed by atoms with Crippen LogP contribution < -0.4 is 16.2 Å². The molecule has 0 bridgehead atoms. The quantitative estimate of drug-likeness (QED) is 0.624. The molecule has 2 aromatic rings. The predicted octanol–water partition coefficient (Wildman–Crippen LogP) is -0.158. The Balaban J connectivity index is 1.83. The molecule has 3 N–H and O–H groups in total. The summed E-state index contributed by atoms with van der Waals surface area (Å²) in [7, 11) is 1.51. The second-order valence-corrected chi connectivity index (χ2v) is 6.54. The molecule has 2 heterocycles. The van der Waals surface area contributed by atoms with Gasteiger partial charge in [0, 0.05) is 24.8 Å². The number of rotatable bonds is 5. The maximum absolute atomic E-state index is 12.2. The Hall–Kier alpha value is -3.01. The summed E-state index contributed by atoms with van der Waals surface area (Å²) in [5.74, 6) is -1.19. The highest BCUT2D eigenvalue weighted by molar-refractivity contribution is 6.39. The van der Waals surface area contributed by atoms with Gasteiger partial charge in [0.15, 0.2) is 0 Å². The Morgan fingerprint density at radius 3 is 2.89 bits per heavy atom. The molecule has 0 saturated carbocycles. The number of fused-ring (bicyclic) bond motifs is 1. The van der Waals surface area contributed by atoms with Crippen molar-refractivity contribution in [2.75, 3.05) is 19.0 Å². The summed E-state index contributed by atoms with van der Waals surface area (Å²) in [4.78, 5) is 43.6. The van der Waals surface area contributed by atoms with Gasteiger partial charge in [-0.25, -0.2) is 4.98 Å². The molecule has 27 heavy (non-hydrogen) atoms. The van der Waals surface area contributed by atoms with E-state index in [0.717, 1.165) is 18.5 Å². The Morgan fingerprint density at radius 2 is 2.15 bits per heavy atom. The van der Waals surface area contributed by atoms with Crippen molar-refractivity contribution in [3.05, 3.63) is 33.4 Å². The normalized spacial score (nSPS) is 13.9. The van der Waals surface area contributed by atoms with Crippen LogP contribution in [0.1, 0.15) is 30.3 Å². The van der Waals surface area contributed by atoms with E-state index in [2.05, 4.69) is 25.7 Å². The molecule has 2 aromatic heterocycles. The Morgan fingerprint density at radius 1 is 1.37 bits per heavy atom. The van der Waals surface area contributed by atoms with Gasteiger partial charge in [0.2, 0.25) is 5.95 Å². The molecule has 0 aromatic carbocycles. The number of hydrogen-bond donors (Lipinski definition) is 3. The van der Waals surface area contributed by atoms with E-state index < -0.39 is 11.8 Å². The van der Waals surface area contributed by atoms with E-state index in [1.54, 1.807) is 19.9 Å². The summed E-state index contributed by atoms with van der Waals surface area (Å²) in [6, 6.07) is 1.28. The molecule has 0 spiro atoms. The molecule has 10 nitrogen and oxygen atoms in total. The fraction of sp³-hybridized carbons (Fsp3) is 0.471. The minimum Gasteiger partial charge on any atom is -0.383 e. The number of nitrogens with one attached hydrogen (secondary N) is 3. The van der Waals surface area contributed by atoms with Crippen LogP contribution in [-0.2, 0) is 27.2 Å². The fourth-order valence-corrected chi connectivity index (χ4v) is 3.03.